The molecule has 0 saturated heterocycles. The van der Waals surface area contributed by atoms with Crippen LogP contribution in [0.2, 0.25) is 0 Å². The number of aromatic nitrogens is 2. The number of hydrogen-bond donors (Lipinski definition) is 0. The number of carbonyl (C=O) groups excluding carboxylic acids is 2. The summed E-state index contributed by atoms with van der Waals surface area (Å²) < 4.78 is 9.12. The number of aryl methyl sites for hydroxylation is 1. The zero-order chi connectivity index (χ0) is 17.2. The average molecular weight is 381 g/mol. The van der Waals surface area contributed by atoms with Crippen molar-refractivity contribution in [3.8, 4) is 0 Å². The van der Waals surface area contributed by atoms with Crippen molar-refractivity contribution < 1.29 is 19.1 Å². The van der Waals surface area contributed by atoms with Gasteiger partial charge < -0.3 is 9.47 Å². The molecule has 2 aromatic rings. The monoisotopic (exact) mass is 380 g/mol. The van der Waals surface area contributed by atoms with Gasteiger partial charge in [-0.15, -0.1) is 0 Å². The minimum atomic E-state index is -0.349. The van der Waals surface area contributed by atoms with Gasteiger partial charge in [-0.2, -0.15) is 0 Å². The van der Waals surface area contributed by atoms with Crippen molar-refractivity contribution in [1.82, 2.24) is 9.97 Å². The zero-order valence-electron chi connectivity index (χ0n) is 13.1. The number of carbonyl (C=O) groups is 2. The van der Waals surface area contributed by atoms with Crippen LogP contribution in [0.15, 0.2) is 36.7 Å². The predicted molar refractivity (Wildman–Crippen MR) is 88.5 cm³/mol. The third-order valence-electron chi connectivity index (χ3n) is 2.83. The van der Waals surface area contributed by atoms with Crippen LogP contribution in [0.5, 0.6) is 0 Å². The highest BCUT2D eigenvalue weighted by Crippen LogP contribution is 2.10. The molecule has 0 fully saturated rings. The van der Waals surface area contributed by atoms with Crippen molar-refractivity contribution in [1.29, 1.82) is 0 Å². The van der Waals surface area contributed by atoms with E-state index in [4.69, 9.17) is 0 Å². The largest absolute Gasteiger partial charge is 0.465 e. The first kappa shape index (κ1) is 18.8. The first-order valence-corrected chi connectivity index (χ1v) is 7.75. The van der Waals surface area contributed by atoms with Gasteiger partial charge >= 0.3 is 11.9 Å². The molecule has 0 aliphatic heterocycles. The van der Waals surface area contributed by atoms with Crippen LogP contribution in [0.1, 0.15) is 32.1 Å². The molecule has 0 aliphatic carbocycles. The molecule has 2 aromatic heterocycles. The van der Waals surface area contributed by atoms with Crippen molar-refractivity contribution in [3.05, 3.63) is 59.2 Å². The third kappa shape index (κ3) is 5.45. The summed E-state index contributed by atoms with van der Waals surface area (Å²) in [5, 5.41) is 0.554. The van der Waals surface area contributed by atoms with Crippen molar-refractivity contribution in [2.45, 2.75) is 12.3 Å². The van der Waals surface area contributed by atoms with Crippen LogP contribution in [-0.2, 0) is 14.8 Å². The van der Waals surface area contributed by atoms with E-state index in [1.807, 2.05) is 0 Å². The Morgan fingerprint density at radius 2 is 1.52 bits per heavy atom. The van der Waals surface area contributed by atoms with Gasteiger partial charge in [0.25, 0.3) is 0 Å². The Morgan fingerprint density at radius 1 is 1.00 bits per heavy atom. The molecule has 6 nitrogen and oxygen atoms in total. The predicted octanol–water partition coefficient (Wildman–Crippen LogP) is 2.94. The number of esters is 2. The Bertz CT molecular complexity index is 677. The van der Waals surface area contributed by atoms with E-state index in [9.17, 15) is 9.59 Å². The topological polar surface area (TPSA) is 78.4 Å². The fourth-order valence-corrected chi connectivity index (χ4v) is 2.10. The lowest BCUT2D eigenvalue weighted by Gasteiger charge is -2.02. The molecule has 0 atom stereocenters. The van der Waals surface area contributed by atoms with Crippen molar-refractivity contribution in [2.75, 3.05) is 14.2 Å². The highest BCUT2D eigenvalue weighted by Gasteiger charge is 2.10. The Hall–Kier alpha value is -2.28. The lowest BCUT2D eigenvalue weighted by molar-refractivity contribution is 0.0590. The van der Waals surface area contributed by atoms with Gasteiger partial charge in [-0.3, -0.25) is 9.97 Å². The highest BCUT2D eigenvalue weighted by molar-refractivity contribution is 9.08. The summed E-state index contributed by atoms with van der Waals surface area (Å²) in [5.41, 5.74) is 2.43. The Labute approximate surface area is 143 Å². The van der Waals surface area contributed by atoms with Gasteiger partial charge in [0.05, 0.1) is 36.7 Å². The summed E-state index contributed by atoms with van der Waals surface area (Å²) in [4.78, 5) is 30.0. The van der Waals surface area contributed by atoms with E-state index < -0.39 is 0 Å². The van der Waals surface area contributed by atoms with Crippen LogP contribution in [0.25, 0.3) is 0 Å². The smallest absolute Gasteiger partial charge is 0.339 e. The van der Waals surface area contributed by atoms with Crippen LogP contribution in [0.4, 0.5) is 0 Å². The molecule has 0 unspecified atom stereocenters. The molecule has 0 amide bonds. The molecule has 0 aromatic carbocycles. The summed E-state index contributed by atoms with van der Waals surface area (Å²) in [5.74, 6) is -0.687. The molecular weight excluding hydrogens is 364 g/mol. The van der Waals surface area contributed by atoms with E-state index in [1.165, 1.54) is 14.2 Å². The molecule has 0 bridgehead atoms. The number of alkyl halides is 1. The zero-order valence-corrected chi connectivity index (χ0v) is 14.7. The molecule has 0 spiro atoms. The van der Waals surface area contributed by atoms with Gasteiger partial charge in [-0.25, -0.2) is 9.59 Å². The summed E-state index contributed by atoms with van der Waals surface area (Å²) in [6, 6.07) is 6.79. The Balaban J connectivity index is 0.000000231. The van der Waals surface area contributed by atoms with Crippen LogP contribution in [0, 0.1) is 6.92 Å². The second-order valence-corrected chi connectivity index (χ2v) is 4.81. The highest BCUT2D eigenvalue weighted by atomic mass is 79.9. The second-order valence-electron chi connectivity index (χ2n) is 4.25. The average Bonchev–Trinajstić information content (AvgIpc) is 2.61. The second kappa shape index (κ2) is 9.68. The maximum Gasteiger partial charge on any atom is 0.339 e. The molecule has 122 valence electrons. The van der Waals surface area contributed by atoms with E-state index in [1.54, 1.807) is 43.6 Å². The van der Waals surface area contributed by atoms with Gasteiger partial charge in [0.15, 0.2) is 0 Å². The molecule has 7 heteroatoms. The van der Waals surface area contributed by atoms with E-state index in [0.717, 1.165) is 0 Å². The summed E-state index contributed by atoms with van der Waals surface area (Å²) in [6.07, 6.45) is 3.28. The fourth-order valence-electron chi connectivity index (χ4n) is 1.65. The molecule has 2 rings (SSSR count). The summed E-state index contributed by atoms with van der Waals surface area (Å²) in [7, 11) is 2.71. The van der Waals surface area contributed by atoms with E-state index in [-0.39, 0.29) is 11.9 Å². The Kier molecular flexibility index (Phi) is 7.90. The number of rotatable bonds is 3. The molecule has 0 N–H and O–H groups in total. The minimum Gasteiger partial charge on any atom is -0.465 e. The van der Waals surface area contributed by atoms with E-state index in [2.05, 4.69) is 35.4 Å². The van der Waals surface area contributed by atoms with Crippen molar-refractivity contribution in [2.24, 2.45) is 0 Å². The van der Waals surface area contributed by atoms with Gasteiger partial charge in [0.1, 0.15) is 0 Å². The van der Waals surface area contributed by atoms with Crippen molar-refractivity contribution >= 4 is 27.9 Å². The number of nitrogens with zero attached hydrogens (tertiary/aromatic N) is 2. The normalized spacial score (nSPS) is 9.39. The molecule has 23 heavy (non-hydrogen) atoms. The lowest BCUT2D eigenvalue weighted by atomic mass is 10.2. The molecule has 0 saturated carbocycles. The fraction of sp³-hybridized carbons (Fsp3) is 0.250. The quantitative estimate of drug-likeness (QED) is 0.601. The third-order valence-corrected chi connectivity index (χ3v) is 3.37. The lowest BCUT2D eigenvalue weighted by Crippen LogP contribution is -2.05. The minimum absolute atomic E-state index is 0.337. The summed E-state index contributed by atoms with van der Waals surface area (Å²) in [6.45, 7) is 1.77. The van der Waals surface area contributed by atoms with Gasteiger partial charge in [-0.05, 0) is 31.2 Å². The Morgan fingerprint density at radius 3 is 2.04 bits per heavy atom. The standard InChI is InChI=1S/C8H8BrNO2.C8H9NO2/c1-12-8(11)6-3-2-4-10-7(6)5-9;1-6-7(8(10)11-2)4-3-5-9-6/h2-4H,5H2,1H3;3-5H,1-2H3. The van der Waals surface area contributed by atoms with E-state index >= 15 is 0 Å². The van der Waals surface area contributed by atoms with Crippen LogP contribution in [0.3, 0.4) is 0 Å². The van der Waals surface area contributed by atoms with Gasteiger partial charge in [0, 0.05) is 17.7 Å². The molecular formula is C16H17BrN2O4. The van der Waals surface area contributed by atoms with Crippen LogP contribution >= 0.6 is 15.9 Å². The number of hydrogen-bond acceptors (Lipinski definition) is 6. The van der Waals surface area contributed by atoms with E-state index in [0.29, 0.717) is 27.8 Å². The number of halogens is 1. The number of ether oxygens (including phenoxy) is 2. The first-order chi connectivity index (χ1) is 11.0. The molecule has 0 aliphatic rings. The maximum absolute atomic E-state index is 11.1. The maximum atomic E-state index is 11.1. The van der Waals surface area contributed by atoms with Gasteiger partial charge in [-0.1, -0.05) is 15.9 Å². The molecule has 2 heterocycles. The SMILES string of the molecule is COC(=O)c1cccnc1C.COC(=O)c1cccnc1CBr. The molecule has 0 radical (unpaired) electrons. The van der Waals surface area contributed by atoms with Gasteiger partial charge in [0.2, 0.25) is 0 Å². The summed E-state index contributed by atoms with van der Waals surface area (Å²) >= 11 is 3.24. The van der Waals surface area contributed by atoms with Crippen LogP contribution in [-0.4, -0.2) is 36.1 Å². The van der Waals surface area contributed by atoms with Crippen LogP contribution < -0.4 is 0 Å². The number of pyridine rings is 2. The van der Waals surface area contributed by atoms with Crippen molar-refractivity contribution in [3.63, 3.8) is 0 Å². The number of methoxy groups -OCH3 is 2. The first-order valence-electron chi connectivity index (χ1n) is 6.63.